The van der Waals surface area contributed by atoms with E-state index >= 15 is 0 Å². The van der Waals surface area contributed by atoms with E-state index in [0.29, 0.717) is 16.3 Å². The molecule has 1 aliphatic rings. The summed E-state index contributed by atoms with van der Waals surface area (Å²) in [7, 11) is 1.80. The van der Waals surface area contributed by atoms with Gasteiger partial charge in [0.1, 0.15) is 4.88 Å². The van der Waals surface area contributed by atoms with Crippen LogP contribution in [-0.4, -0.2) is 22.2 Å². The predicted octanol–water partition coefficient (Wildman–Crippen LogP) is 2.68. The summed E-state index contributed by atoms with van der Waals surface area (Å²) in [6, 6.07) is 6.41. The van der Waals surface area contributed by atoms with Crippen molar-refractivity contribution in [2.45, 2.75) is 0 Å². The molecule has 0 saturated carbocycles. The van der Waals surface area contributed by atoms with Gasteiger partial charge in [0.25, 0.3) is 5.91 Å². The van der Waals surface area contributed by atoms with Gasteiger partial charge in [0.15, 0.2) is 16.3 Å². The Morgan fingerprint density at radius 1 is 1.29 bits per heavy atom. The van der Waals surface area contributed by atoms with Crippen LogP contribution in [0.1, 0.15) is 9.67 Å². The number of nitro groups is 1. The third-order valence-electron chi connectivity index (χ3n) is 3.48. The van der Waals surface area contributed by atoms with Gasteiger partial charge < -0.3 is 14.0 Å². The molecule has 0 bridgehead atoms. The normalized spacial score (nSPS) is 13.6. The molecule has 0 aliphatic carbocycles. The van der Waals surface area contributed by atoms with E-state index in [0.717, 1.165) is 21.6 Å². The topological polar surface area (TPSA) is 96.0 Å². The molecular formula is C14H9N3O5S2. The number of carbonyl (C=O) groups is 1. The molecule has 1 aromatic carbocycles. The van der Waals surface area contributed by atoms with E-state index in [1.807, 2.05) is 12.1 Å². The average Bonchev–Trinajstić information content (AvgIpc) is 3.25. The number of thiazole rings is 1. The average molecular weight is 363 g/mol. The smallest absolute Gasteiger partial charge is 0.324 e. The van der Waals surface area contributed by atoms with E-state index in [4.69, 9.17) is 9.47 Å². The van der Waals surface area contributed by atoms with Gasteiger partial charge >= 0.3 is 5.00 Å². The van der Waals surface area contributed by atoms with Gasteiger partial charge in [-0.2, -0.15) is 4.99 Å². The second kappa shape index (κ2) is 5.42. The number of aromatic nitrogens is 1. The maximum Gasteiger partial charge on any atom is 0.324 e. The van der Waals surface area contributed by atoms with Crippen LogP contribution in [0, 0.1) is 10.1 Å². The summed E-state index contributed by atoms with van der Waals surface area (Å²) in [5.41, 5.74) is 0.868. The monoisotopic (exact) mass is 363 g/mol. The number of benzene rings is 1. The summed E-state index contributed by atoms with van der Waals surface area (Å²) < 4.78 is 13.4. The minimum Gasteiger partial charge on any atom is -0.454 e. The third kappa shape index (κ3) is 2.36. The molecule has 0 radical (unpaired) electrons. The van der Waals surface area contributed by atoms with E-state index in [1.54, 1.807) is 11.6 Å². The largest absolute Gasteiger partial charge is 0.454 e. The van der Waals surface area contributed by atoms with Crippen LogP contribution >= 0.6 is 22.7 Å². The van der Waals surface area contributed by atoms with Gasteiger partial charge in [0, 0.05) is 25.2 Å². The second-order valence-electron chi connectivity index (χ2n) is 4.93. The first-order valence-electron chi connectivity index (χ1n) is 6.75. The summed E-state index contributed by atoms with van der Waals surface area (Å²) >= 11 is 2.15. The molecule has 0 fully saturated rings. The van der Waals surface area contributed by atoms with Gasteiger partial charge in [-0.3, -0.25) is 14.9 Å². The number of hydrogen-bond acceptors (Lipinski definition) is 7. The standard InChI is InChI=1S/C14H9N3O5S2/c1-16-7-4-8-9(22-6-21-8)5-11(7)24-14(16)15-13(18)10-2-3-12(23-10)17(19)20/h2-5H,6H2,1H3. The lowest BCUT2D eigenvalue weighted by atomic mass is 10.3. The molecule has 3 aromatic rings. The van der Waals surface area contributed by atoms with Crippen LogP contribution in [0.25, 0.3) is 10.2 Å². The fourth-order valence-corrected chi connectivity index (χ4v) is 4.04. The van der Waals surface area contributed by atoms with Crippen molar-refractivity contribution in [1.29, 1.82) is 0 Å². The Labute approximate surface area is 142 Å². The van der Waals surface area contributed by atoms with Crippen molar-refractivity contribution in [2.75, 3.05) is 6.79 Å². The van der Waals surface area contributed by atoms with E-state index in [-0.39, 0.29) is 16.7 Å². The van der Waals surface area contributed by atoms with Crippen molar-refractivity contribution in [3.8, 4) is 11.5 Å². The number of nitrogens with zero attached hydrogens (tertiary/aromatic N) is 3. The number of fused-ring (bicyclic) bond motifs is 2. The van der Waals surface area contributed by atoms with Crippen molar-refractivity contribution in [3.63, 3.8) is 0 Å². The van der Waals surface area contributed by atoms with E-state index in [1.165, 1.54) is 23.5 Å². The molecule has 1 amide bonds. The zero-order chi connectivity index (χ0) is 16.8. The van der Waals surface area contributed by atoms with Crippen LogP contribution in [0.5, 0.6) is 11.5 Å². The number of ether oxygens (including phenoxy) is 2. The quantitative estimate of drug-likeness (QED) is 0.515. The fourth-order valence-electron chi connectivity index (χ4n) is 2.31. The maximum atomic E-state index is 12.2. The number of thiophene rings is 1. The highest BCUT2D eigenvalue weighted by molar-refractivity contribution is 7.17. The highest BCUT2D eigenvalue weighted by Gasteiger charge is 2.18. The van der Waals surface area contributed by atoms with Crippen molar-refractivity contribution >= 4 is 43.8 Å². The highest BCUT2D eigenvalue weighted by atomic mass is 32.1. The van der Waals surface area contributed by atoms with Crippen LogP contribution in [-0.2, 0) is 7.05 Å². The molecule has 10 heteroatoms. The Balaban J connectivity index is 1.77. The Morgan fingerprint density at radius 2 is 2.04 bits per heavy atom. The van der Waals surface area contributed by atoms with Gasteiger partial charge in [0.2, 0.25) is 6.79 Å². The molecule has 0 spiro atoms. The van der Waals surface area contributed by atoms with Crippen molar-refractivity contribution < 1.29 is 19.2 Å². The van der Waals surface area contributed by atoms with Crippen LogP contribution in [0.4, 0.5) is 5.00 Å². The van der Waals surface area contributed by atoms with Crippen LogP contribution in [0.2, 0.25) is 0 Å². The van der Waals surface area contributed by atoms with Gasteiger partial charge in [-0.15, -0.1) is 0 Å². The molecule has 3 heterocycles. The molecule has 0 N–H and O–H groups in total. The predicted molar refractivity (Wildman–Crippen MR) is 87.8 cm³/mol. The van der Waals surface area contributed by atoms with E-state index in [2.05, 4.69) is 4.99 Å². The minimum absolute atomic E-state index is 0.0833. The third-order valence-corrected chi connectivity index (χ3v) is 5.60. The fraction of sp³-hybridized carbons (Fsp3) is 0.143. The maximum absolute atomic E-state index is 12.2. The Bertz CT molecular complexity index is 1060. The van der Waals surface area contributed by atoms with Gasteiger partial charge in [-0.05, 0) is 6.07 Å². The number of aryl methyl sites for hydroxylation is 1. The summed E-state index contributed by atoms with van der Waals surface area (Å²) in [5, 5.41) is 10.6. The molecular weight excluding hydrogens is 354 g/mol. The van der Waals surface area contributed by atoms with Crippen molar-refractivity contribution in [1.82, 2.24) is 4.57 Å². The van der Waals surface area contributed by atoms with Gasteiger partial charge in [-0.1, -0.05) is 22.7 Å². The van der Waals surface area contributed by atoms with Gasteiger partial charge in [0.05, 0.1) is 15.1 Å². The molecule has 0 unspecified atom stereocenters. The zero-order valence-electron chi connectivity index (χ0n) is 12.2. The Morgan fingerprint density at radius 3 is 2.75 bits per heavy atom. The SMILES string of the molecule is Cn1c(=NC(=O)c2ccc([N+](=O)[O-])s2)sc2cc3c(cc21)OCO3. The summed E-state index contributed by atoms with van der Waals surface area (Å²) in [4.78, 5) is 27.2. The van der Waals surface area contributed by atoms with Crippen LogP contribution < -0.4 is 14.3 Å². The zero-order valence-corrected chi connectivity index (χ0v) is 13.8. The molecule has 2 aromatic heterocycles. The Kier molecular flexibility index (Phi) is 3.36. The van der Waals surface area contributed by atoms with Gasteiger partial charge in [-0.25, -0.2) is 0 Å². The number of rotatable bonds is 2. The first kappa shape index (κ1) is 14.8. The number of amides is 1. The molecule has 8 nitrogen and oxygen atoms in total. The lowest BCUT2D eigenvalue weighted by Gasteiger charge is -1.98. The first-order chi connectivity index (χ1) is 11.5. The lowest BCUT2D eigenvalue weighted by molar-refractivity contribution is -0.380. The molecule has 24 heavy (non-hydrogen) atoms. The highest BCUT2D eigenvalue weighted by Crippen LogP contribution is 2.36. The molecule has 1 aliphatic heterocycles. The van der Waals surface area contributed by atoms with E-state index < -0.39 is 10.8 Å². The summed E-state index contributed by atoms with van der Waals surface area (Å²) in [6.45, 7) is 0.198. The molecule has 0 saturated heterocycles. The lowest BCUT2D eigenvalue weighted by Crippen LogP contribution is -2.12. The molecule has 4 rings (SSSR count). The summed E-state index contributed by atoms with van der Waals surface area (Å²) in [6.07, 6.45) is 0. The van der Waals surface area contributed by atoms with Crippen molar-refractivity contribution in [2.24, 2.45) is 12.0 Å². The van der Waals surface area contributed by atoms with Crippen LogP contribution in [0.15, 0.2) is 29.3 Å². The molecule has 122 valence electrons. The Hall–Kier alpha value is -2.72. The van der Waals surface area contributed by atoms with Crippen LogP contribution in [0.3, 0.4) is 0 Å². The number of carbonyl (C=O) groups excluding carboxylic acids is 1. The minimum atomic E-state index is -0.525. The number of hydrogen-bond donors (Lipinski definition) is 0. The summed E-state index contributed by atoms with van der Waals surface area (Å²) in [5.74, 6) is 0.814. The second-order valence-corrected chi connectivity index (χ2v) is 7.00. The van der Waals surface area contributed by atoms with Crippen molar-refractivity contribution in [3.05, 3.63) is 44.1 Å². The van der Waals surface area contributed by atoms with E-state index in [9.17, 15) is 14.9 Å². The first-order valence-corrected chi connectivity index (χ1v) is 8.38. The molecule has 0 atom stereocenters.